The second kappa shape index (κ2) is 8.79. The minimum Gasteiger partial charge on any atom is -0.406 e. The number of amides is 1. The van der Waals surface area contributed by atoms with Crippen molar-refractivity contribution in [2.75, 3.05) is 11.2 Å². The molecule has 1 aromatic rings. The van der Waals surface area contributed by atoms with E-state index in [0.717, 1.165) is 12.1 Å². The molecule has 0 radical (unpaired) electrons. The topological polar surface area (TPSA) is 96.5 Å². The summed E-state index contributed by atoms with van der Waals surface area (Å²) < 4.78 is 65.8. The maximum atomic E-state index is 12.2. The van der Waals surface area contributed by atoms with Gasteiger partial charge in [0.1, 0.15) is 5.75 Å². The maximum absolute atomic E-state index is 12.2. The smallest absolute Gasteiger partial charge is 0.406 e. The zero-order chi connectivity index (χ0) is 20.1. The molecule has 7 nitrogen and oxygen atoms in total. The normalized spacial score (nSPS) is 20.7. The van der Waals surface area contributed by atoms with Crippen LogP contribution in [0.15, 0.2) is 24.3 Å². The van der Waals surface area contributed by atoms with E-state index >= 15 is 0 Å². The summed E-state index contributed by atoms with van der Waals surface area (Å²) in [6.45, 7) is 1.56. The molecule has 0 aliphatic heterocycles. The second-order valence-electron chi connectivity index (χ2n) is 6.26. The van der Waals surface area contributed by atoms with Gasteiger partial charge in [0.25, 0.3) is 0 Å². The molecule has 1 aliphatic rings. The Labute approximate surface area is 155 Å². The van der Waals surface area contributed by atoms with Gasteiger partial charge in [-0.05, 0) is 56.9 Å². The van der Waals surface area contributed by atoms with Crippen molar-refractivity contribution in [2.24, 2.45) is 5.92 Å². The number of hydrogen-bond acceptors (Lipinski definition) is 5. The van der Waals surface area contributed by atoms with Gasteiger partial charge in [-0.15, -0.1) is 13.2 Å². The third-order valence-electron chi connectivity index (χ3n) is 4.24. The average Bonchev–Trinajstić information content (AvgIpc) is 2.60. The predicted octanol–water partition coefficient (Wildman–Crippen LogP) is 2.53. The van der Waals surface area contributed by atoms with E-state index in [1.807, 2.05) is 0 Å². The van der Waals surface area contributed by atoms with Gasteiger partial charge in [0, 0.05) is 12.0 Å². The number of alkyl halides is 3. The molecule has 11 heteroatoms. The standard InChI is InChI=1S/C16H22F3N3O4S/c1-2-27(24,25)22-13-5-3-11(4-6-13)15(23)21-20-12-7-9-14(10-8-12)26-16(17,18)19/h7-11,13,20,22H,2-6H2,1H3,(H,21,23). The Bertz CT molecular complexity index is 730. The molecule has 1 aromatic carbocycles. The van der Waals surface area contributed by atoms with Crippen LogP contribution in [-0.2, 0) is 14.8 Å². The lowest BCUT2D eigenvalue weighted by Gasteiger charge is -2.28. The van der Waals surface area contributed by atoms with E-state index in [2.05, 4.69) is 20.3 Å². The number of anilines is 1. The molecule has 2 rings (SSSR count). The number of carbonyl (C=O) groups is 1. The Hall–Kier alpha value is -2.01. The van der Waals surface area contributed by atoms with E-state index in [9.17, 15) is 26.4 Å². The lowest BCUT2D eigenvalue weighted by molar-refractivity contribution is -0.274. The molecule has 0 aromatic heterocycles. The molecule has 3 N–H and O–H groups in total. The Morgan fingerprint density at radius 3 is 2.26 bits per heavy atom. The van der Waals surface area contributed by atoms with Crippen molar-refractivity contribution >= 4 is 21.6 Å². The molecule has 152 valence electrons. The predicted molar refractivity (Wildman–Crippen MR) is 93.2 cm³/mol. The molecular formula is C16H22F3N3O4S. The number of hydrogen-bond donors (Lipinski definition) is 3. The van der Waals surface area contributed by atoms with Crippen LogP contribution in [0.25, 0.3) is 0 Å². The highest BCUT2D eigenvalue weighted by molar-refractivity contribution is 7.89. The molecule has 1 aliphatic carbocycles. The molecule has 0 bridgehead atoms. The highest BCUT2D eigenvalue weighted by Crippen LogP contribution is 2.26. The number of rotatable bonds is 7. The number of hydrazine groups is 1. The monoisotopic (exact) mass is 409 g/mol. The molecule has 27 heavy (non-hydrogen) atoms. The zero-order valence-corrected chi connectivity index (χ0v) is 15.5. The number of sulfonamides is 1. The quantitative estimate of drug-likeness (QED) is 0.602. The summed E-state index contributed by atoms with van der Waals surface area (Å²) in [4.78, 5) is 12.2. The van der Waals surface area contributed by atoms with Crippen molar-refractivity contribution in [3.8, 4) is 5.75 Å². The highest BCUT2D eigenvalue weighted by Gasteiger charge is 2.31. The number of carbonyl (C=O) groups excluding carboxylic acids is 1. The van der Waals surface area contributed by atoms with Gasteiger partial charge in [-0.1, -0.05) is 0 Å². The van der Waals surface area contributed by atoms with E-state index in [1.165, 1.54) is 12.1 Å². The number of ether oxygens (including phenoxy) is 1. The van der Waals surface area contributed by atoms with Crippen LogP contribution in [0.2, 0.25) is 0 Å². The fourth-order valence-corrected chi connectivity index (χ4v) is 3.70. The van der Waals surface area contributed by atoms with Gasteiger partial charge in [-0.2, -0.15) is 0 Å². The van der Waals surface area contributed by atoms with Crippen LogP contribution in [0.1, 0.15) is 32.6 Å². The lowest BCUT2D eigenvalue weighted by Crippen LogP contribution is -2.42. The summed E-state index contributed by atoms with van der Waals surface area (Å²) in [6, 6.07) is 4.79. The van der Waals surface area contributed by atoms with Crippen molar-refractivity contribution in [1.29, 1.82) is 0 Å². The van der Waals surface area contributed by atoms with Crippen molar-refractivity contribution in [3.63, 3.8) is 0 Å². The summed E-state index contributed by atoms with van der Waals surface area (Å²) in [5.41, 5.74) is 5.57. The van der Waals surface area contributed by atoms with Crippen LogP contribution in [-0.4, -0.2) is 32.5 Å². The highest BCUT2D eigenvalue weighted by atomic mass is 32.2. The minimum atomic E-state index is -4.76. The summed E-state index contributed by atoms with van der Waals surface area (Å²) >= 11 is 0. The summed E-state index contributed by atoms with van der Waals surface area (Å²) in [7, 11) is -3.26. The minimum absolute atomic E-state index is 0.0180. The molecule has 0 atom stereocenters. The van der Waals surface area contributed by atoms with Crippen LogP contribution in [0.3, 0.4) is 0 Å². The number of benzene rings is 1. The van der Waals surface area contributed by atoms with Crippen LogP contribution in [0, 0.1) is 5.92 Å². The van der Waals surface area contributed by atoms with E-state index in [0.29, 0.717) is 31.4 Å². The molecule has 0 saturated heterocycles. The van der Waals surface area contributed by atoms with Gasteiger partial charge in [-0.25, -0.2) is 13.1 Å². The Kier molecular flexibility index (Phi) is 6.93. The lowest BCUT2D eigenvalue weighted by atomic mass is 9.86. The molecule has 0 heterocycles. The fraction of sp³-hybridized carbons (Fsp3) is 0.562. The van der Waals surface area contributed by atoms with E-state index in [-0.39, 0.29) is 29.4 Å². The maximum Gasteiger partial charge on any atom is 0.573 e. The van der Waals surface area contributed by atoms with Gasteiger partial charge >= 0.3 is 6.36 Å². The van der Waals surface area contributed by atoms with Gasteiger partial charge in [0.05, 0.1) is 11.4 Å². The fourth-order valence-electron chi connectivity index (χ4n) is 2.79. The first-order valence-electron chi connectivity index (χ1n) is 8.49. The summed E-state index contributed by atoms with van der Waals surface area (Å²) in [5, 5.41) is 0. The van der Waals surface area contributed by atoms with Crippen LogP contribution in [0.4, 0.5) is 18.9 Å². The van der Waals surface area contributed by atoms with Crippen molar-refractivity contribution < 1.29 is 31.1 Å². The number of halogens is 3. The zero-order valence-electron chi connectivity index (χ0n) is 14.7. The van der Waals surface area contributed by atoms with Gasteiger partial charge < -0.3 is 4.74 Å². The first-order chi connectivity index (χ1) is 12.6. The van der Waals surface area contributed by atoms with Crippen molar-refractivity contribution in [1.82, 2.24) is 10.1 Å². The second-order valence-corrected chi connectivity index (χ2v) is 8.30. The van der Waals surface area contributed by atoms with Gasteiger partial charge in [0.2, 0.25) is 15.9 Å². The molecule has 1 amide bonds. The largest absolute Gasteiger partial charge is 0.573 e. The van der Waals surface area contributed by atoms with Crippen LogP contribution >= 0.6 is 0 Å². The molecule has 0 unspecified atom stereocenters. The Morgan fingerprint density at radius 1 is 1.15 bits per heavy atom. The Morgan fingerprint density at radius 2 is 1.74 bits per heavy atom. The van der Waals surface area contributed by atoms with Gasteiger partial charge in [-0.3, -0.25) is 15.6 Å². The molecule has 1 fully saturated rings. The molecule has 1 saturated carbocycles. The van der Waals surface area contributed by atoms with Crippen LogP contribution in [0.5, 0.6) is 5.75 Å². The van der Waals surface area contributed by atoms with Crippen LogP contribution < -0.4 is 20.3 Å². The summed E-state index contributed by atoms with van der Waals surface area (Å²) in [5.74, 6) is -0.841. The van der Waals surface area contributed by atoms with Crippen molar-refractivity contribution in [2.45, 2.75) is 45.0 Å². The average molecular weight is 409 g/mol. The first-order valence-corrected chi connectivity index (χ1v) is 10.1. The SMILES string of the molecule is CCS(=O)(=O)NC1CCC(C(=O)NNc2ccc(OC(F)(F)F)cc2)CC1. The van der Waals surface area contributed by atoms with E-state index in [4.69, 9.17) is 0 Å². The Balaban J connectivity index is 1.76. The van der Waals surface area contributed by atoms with Gasteiger partial charge in [0.15, 0.2) is 0 Å². The third-order valence-corrected chi connectivity index (χ3v) is 5.69. The molecular weight excluding hydrogens is 387 g/mol. The third kappa shape index (κ3) is 7.25. The van der Waals surface area contributed by atoms with Crippen molar-refractivity contribution in [3.05, 3.63) is 24.3 Å². The molecule has 0 spiro atoms. The van der Waals surface area contributed by atoms with E-state index in [1.54, 1.807) is 6.92 Å². The number of nitrogens with one attached hydrogen (secondary N) is 3. The summed E-state index contributed by atoms with van der Waals surface area (Å²) in [6.07, 6.45) is -2.53. The first kappa shape index (κ1) is 21.3. The van der Waals surface area contributed by atoms with E-state index < -0.39 is 16.4 Å².